The summed E-state index contributed by atoms with van der Waals surface area (Å²) in [6.45, 7) is 19.6. The molecule has 0 saturated carbocycles. The molecule has 0 bridgehead atoms. The molecule has 1 saturated heterocycles. The van der Waals surface area contributed by atoms with Gasteiger partial charge < -0.3 is 14.2 Å². The van der Waals surface area contributed by atoms with E-state index >= 15 is 0 Å². The van der Waals surface area contributed by atoms with Crippen LogP contribution in [0.4, 0.5) is 17.1 Å². The SMILES string of the molecule is Bc1ccc(N(c2ccc(B3OC(C)(C)C(C)(C)O3)cc2)c2c(C)cc(C(C)(C)C)cc2C)cc1. The average Bonchev–Trinajstić information content (AvgIpc) is 2.98. The van der Waals surface area contributed by atoms with Crippen LogP contribution in [0.2, 0.25) is 0 Å². The summed E-state index contributed by atoms with van der Waals surface area (Å²) >= 11 is 0. The number of benzene rings is 3. The molecule has 5 heteroatoms. The fraction of sp³-hybridized carbons (Fsp3) is 0.400. The molecule has 0 spiro atoms. The quantitative estimate of drug-likeness (QED) is 0.465. The number of anilines is 3. The molecule has 1 fully saturated rings. The summed E-state index contributed by atoms with van der Waals surface area (Å²) < 4.78 is 12.6. The Morgan fingerprint density at radius 3 is 1.60 bits per heavy atom. The van der Waals surface area contributed by atoms with Gasteiger partial charge in [0.25, 0.3) is 0 Å². The van der Waals surface area contributed by atoms with Crippen molar-refractivity contribution in [3.63, 3.8) is 0 Å². The van der Waals surface area contributed by atoms with Crippen molar-refractivity contribution < 1.29 is 9.31 Å². The summed E-state index contributed by atoms with van der Waals surface area (Å²) in [5, 5.41) is 0. The highest BCUT2D eigenvalue weighted by Gasteiger charge is 2.51. The van der Waals surface area contributed by atoms with E-state index in [1.165, 1.54) is 27.8 Å². The van der Waals surface area contributed by atoms with E-state index in [1.807, 2.05) is 0 Å². The second-order valence-corrected chi connectivity index (χ2v) is 12.1. The molecule has 3 nitrogen and oxygen atoms in total. The zero-order valence-corrected chi connectivity index (χ0v) is 23.1. The van der Waals surface area contributed by atoms with Gasteiger partial charge in [0.05, 0.1) is 16.9 Å². The number of hydrogen-bond donors (Lipinski definition) is 0. The molecule has 3 aromatic rings. The van der Waals surface area contributed by atoms with E-state index in [0.29, 0.717) is 0 Å². The van der Waals surface area contributed by atoms with Gasteiger partial charge >= 0.3 is 7.12 Å². The molecule has 1 aliphatic heterocycles. The normalized spacial score (nSPS) is 17.0. The van der Waals surface area contributed by atoms with Gasteiger partial charge in [0.1, 0.15) is 7.85 Å². The lowest BCUT2D eigenvalue weighted by atomic mass is 9.79. The Hall–Kier alpha value is -2.49. The minimum atomic E-state index is -0.364. The molecule has 0 radical (unpaired) electrons. The molecule has 35 heavy (non-hydrogen) atoms. The van der Waals surface area contributed by atoms with Crippen LogP contribution in [0.5, 0.6) is 0 Å². The van der Waals surface area contributed by atoms with Crippen LogP contribution in [0.1, 0.15) is 65.2 Å². The average molecular weight is 467 g/mol. The largest absolute Gasteiger partial charge is 0.494 e. The first-order valence-corrected chi connectivity index (χ1v) is 12.6. The van der Waals surface area contributed by atoms with Crippen molar-refractivity contribution in [1.82, 2.24) is 0 Å². The van der Waals surface area contributed by atoms with Gasteiger partial charge in [-0.15, -0.1) is 0 Å². The third-order valence-electron chi connectivity index (χ3n) is 7.55. The Bertz CT molecular complexity index is 1170. The van der Waals surface area contributed by atoms with E-state index in [2.05, 4.69) is 136 Å². The van der Waals surface area contributed by atoms with Crippen molar-refractivity contribution >= 4 is 43.0 Å². The second kappa shape index (κ2) is 8.87. The van der Waals surface area contributed by atoms with Crippen molar-refractivity contribution in [3.8, 4) is 0 Å². The van der Waals surface area contributed by atoms with Crippen LogP contribution in [-0.4, -0.2) is 26.2 Å². The summed E-state index contributed by atoms with van der Waals surface area (Å²) in [7, 11) is 1.76. The third-order valence-corrected chi connectivity index (χ3v) is 7.55. The van der Waals surface area contributed by atoms with Gasteiger partial charge in [-0.25, -0.2) is 0 Å². The minimum Gasteiger partial charge on any atom is -0.399 e. The predicted molar refractivity (Wildman–Crippen MR) is 153 cm³/mol. The molecule has 1 heterocycles. The molecule has 0 N–H and O–H groups in total. The molecule has 182 valence electrons. The van der Waals surface area contributed by atoms with Crippen molar-refractivity contribution in [2.45, 2.75) is 78.9 Å². The van der Waals surface area contributed by atoms with Crippen molar-refractivity contribution in [1.29, 1.82) is 0 Å². The molecule has 3 aromatic carbocycles. The maximum absolute atomic E-state index is 6.28. The van der Waals surface area contributed by atoms with Gasteiger partial charge in [0, 0.05) is 11.4 Å². The van der Waals surface area contributed by atoms with E-state index in [0.717, 1.165) is 16.8 Å². The monoisotopic (exact) mass is 467 g/mol. The molecular formula is C30H39B2NO2. The van der Waals surface area contributed by atoms with Gasteiger partial charge in [-0.2, -0.15) is 0 Å². The van der Waals surface area contributed by atoms with E-state index in [9.17, 15) is 0 Å². The first kappa shape index (κ1) is 25.6. The predicted octanol–water partition coefficient (Wildman–Crippen LogP) is 5.63. The van der Waals surface area contributed by atoms with Crippen LogP contribution in [0.15, 0.2) is 60.7 Å². The van der Waals surface area contributed by atoms with Crippen molar-refractivity contribution in [2.75, 3.05) is 4.90 Å². The number of rotatable bonds is 4. The van der Waals surface area contributed by atoms with E-state index in [1.54, 1.807) is 0 Å². The Morgan fingerprint density at radius 2 is 1.17 bits per heavy atom. The van der Waals surface area contributed by atoms with Crippen LogP contribution < -0.4 is 15.8 Å². The summed E-state index contributed by atoms with van der Waals surface area (Å²) in [4.78, 5) is 2.37. The molecule has 0 atom stereocenters. The van der Waals surface area contributed by atoms with Crippen molar-refractivity contribution in [2.24, 2.45) is 0 Å². The van der Waals surface area contributed by atoms with Crippen molar-refractivity contribution in [3.05, 3.63) is 77.4 Å². The highest BCUT2D eigenvalue weighted by atomic mass is 16.7. The molecular weight excluding hydrogens is 428 g/mol. The smallest absolute Gasteiger partial charge is 0.399 e. The lowest BCUT2D eigenvalue weighted by molar-refractivity contribution is 0.00578. The van der Waals surface area contributed by atoms with Crippen LogP contribution in [0.3, 0.4) is 0 Å². The highest BCUT2D eigenvalue weighted by Crippen LogP contribution is 2.41. The Morgan fingerprint density at radius 1 is 0.743 bits per heavy atom. The molecule has 0 amide bonds. The summed E-state index contributed by atoms with van der Waals surface area (Å²) in [6.07, 6.45) is 0. The Balaban J connectivity index is 1.78. The Kier molecular flexibility index (Phi) is 6.49. The lowest BCUT2D eigenvalue weighted by Crippen LogP contribution is -2.41. The molecule has 0 unspecified atom stereocenters. The van der Waals surface area contributed by atoms with Crippen LogP contribution in [-0.2, 0) is 14.7 Å². The number of hydrogen-bond acceptors (Lipinski definition) is 3. The maximum atomic E-state index is 6.28. The van der Waals surface area contributed by atoms with Gasteiger partial charge in [-0.1, -0.05) is 62.6 Å². The molecule has 0 aliphatic carbocycles. The first-order chi connectivity index (χ1) is 16.2. The van der Waals surface area contributed by atoms with E-state index in [4.69, 9.17) is 9.31 Å². The highest BCUT2D eigenvalue weighted by molar-refractivity contribution is 6.62. The number of nitrogens with zero attached hydrogens (tertiary/aromatic N) is 1. The molecule has 4 rings (SSSR count). The lowest BCUT2D eigenvalue weighted by Gasteiger charge is -2.32. The van der Waals surface area contributed by atoms with Gasteiger partial charge in [0.15, 0.2) is 0 Å². The second-order valence-electron chi connectivity index (χ2n) is 12.1. The minimum absolute atomic E-state index is 0.104. The topological polar surface area (TPSA) is 21.7 Å². The van der Waals surface area contributed by atoms with E-state index in [-0.39, 0.29) is 23.7 Å². The van der Waals surface area contributed by atoms with Gasteiger partial charge in [-0.05, 0) is 93.4 Å². The van der Waals surface area contributed by atoms with Crippen LogP contribution >= 0.6 is 0 Å². The Labute approximate surface area is 213 Å². The summed E-state index contributed by atoms with van der Waals surface area (Å²) in [6, 6.07) is 22.0. The summed E-state index contributed by atoms with van der Waals surface area (Å²) in [5.74, 6) is 0. The zero-order valence-electron chi connectivity index (χ0n) is 23.1. The molecule has 1 aliphatic rings. The summed E-state index contributed by atoms with van der Waals surface area (Å²) in [5.41, 5.74) is 9.07. The van der Waals surface area contributed by atoms with Gasteiger partial charge in [0.2, 0.25) is 0 Å². The maximum Gasteiger partial charge on any atom is 0.494 e. The van der Waals surface area contributed by atoms with Crippen LogP contribution in [0, 0.1) is 13.8 Å². The van der Waals surface area contributed by atoms with Crippen LogP contribution in [0.25, 0.3) is 0 Å². The van der Waals surface area contributed by atoms with E-state index < -0.39 is 0 Å². The molecule has 0 aromatic heterocycles. The fourth-order valence-corrected chi connectivity index (χ4v) is 4.60. The number of aryl methyl sites for hydroxylation is 2. The van der Waals surface area contributed by atoms with Gasteiger partial charge in [-0.3, -0.25) is 0 Å². The fourth-order valence-electron chi connectivity index (χ4n) is 4.60. The third kappa shape index (κ3) is 4.94. The standard InChI is InChI=1S/C30H39B2NO2/c1-20-18-22(28(3,4)5)19-21(2)27(20)33(25-14-10-23(31)11-15-25)26-16-12-24(13-17-26)32-34-29(6,7)30(8,9)35-32/h10-19H,31H2,1-9H3. The zero-order chi connectivity index (χ0) is 25.8. The first-order valence-electron chi connectivity index (χ1n) is 12.6.